The van der Waals surface area contributed by atoms with Crippen LogP contribution in [0.5, 0.6) is 5.75 Å². The number of para-hydroxylation sites is 1. The lowest BCUT2D eigenvalue weighted by Crippen LogP contribution is -2.64. The van der Waals surface area contributed by atoms with E-state index in [4.69, 9.17) is 10.5 Å². The molecule has 0 unspecified atom stereocenters. The number of benzene rings is 1. The number of rotatable bonds is 6. The van der Waals surface area contributed by atoms with Crippen LogP contribution in [-0.2, 0) is 15.0 Å². The van der Waals surface area contributed by atoms with Gasteiger partial charge in [0.25, 0.3) is 5.92 Å². The molecule has 9 nitrogen and oxygen atoms in total. The minimum atomic E-state index is -2.78. The predicted octanol–water partition coefficient (Wildman–Crippen LogP) is 2.81. The number of hydrogen-bond acceptors (Lipinski definition) is 6. The summed E-state index contributed by atoms with van der Waals surface area (Å²) in [5, 5.41) is 10.3. The van der Waals surface area contributed by atoms with Gasteiger partial charge in [-0.15, -0.1) is 0 Å². The maximum atomic E-state index is 13.8. The average molecular weight is 511 g/mol. The van der Waals surface area contributed by atoms with Crippen LogP contribution in [0.3, 0.4) is 0 Å². The SMILES string of the molecule is NC1(CNC(=O)CN2C(=O)C3(CCC(Oc4cnc5[nH]ncc5c4)CC3)c3ccccc32)CC(F)(F)C1. The Kier molecular flexibility index (Phi) is 5.45. The van der Waals surface area contributed by atoms with Crippen molar-refractivity contribution in [3.63, 3.8) is 0 Å². The fraction of sp³-hybridized carbons (Fsp3) is 0.462. The van der Waals surface area contributed by atoms with Crippen molar-refractivity contribution >= 4 is 28.5 Å². The van der Waals surface area contributed by atoms with Gasteiger partial charge < -0.3 is 20.7 Å². The zero-order chi connectivity index (χ0) is 25.8. The number of hydrogen-bond donors (Lipinski definition) is 3. The lowest BCUT2D eigenvalue weighted by Gasteiger charge is -2.44. The van der Waals surface area contributed by atoms with Crippen molar-refractivity contribution in [2.24, 2.45) is 5.73 Å². The number of anilines is 1. The molecule has 0 bridgehead atoms. The van der Waals surface area contributed by atoms with Gasteiger partial charge in [-0.3, -0.25) is 14.7 Å². The predicted molar refractivity (Wildman–Crippen MR) is 131 cm³/mol. The van der Waals surface area contributed by atoms with Gasteiger partial charge in [0.15, 0.2) is 5.65 Å². The van der Waals surface area contributed by atoms with Crippen molar-refractivity contribution in [1.29, 1.82) is 0 Å². The Morgan fingerprint density at radius 1 is 1.22 bits per heavy atom. The van der Waals surface area contributed by atoms with Crippen LogP contribution >= 0.6 is 0 Å². The van der Waals surface area contributed by atoms with Gasteiger partial charge in [-0.1, -0.05) is 18.2 Å². The van der Waals surface area contributed by atoms with E-state index in [9.17, 15) is 18.4 Å². The number of aromatic amines is 1. The second-order valence-corrected chi connectivity index (χ2v) is 10.6. The highest BCUT2D eigenvalue weighted by Crippen LogP contribution is 2.50. The molecule has 0 atom stereocenters. The monoisotopic (exact) mass is 510 g/mol. The summed E-state index contributed by atoms with van der Waals surface area (Å²) in [7, 11) is 0. The molecule has 11 heteroatoms. The summed E-state index contributed by atoms with van der Waals surface area (Å²) >= 11 is 0. The largest absolute Gasteiger partial charge is 0.489 e. The van der Waals surface area contributed by atoms with E-state index in [1.54, 1.807) is 12.4 Å². The molecule has 2 saturated carbocycles. The molecule has 0 saturated heterocycles. The Bertz CT molecular complexity index is 1360. The molecule has 194 valence electrons. The lowest BCUT2D eigenvalue weighted by molar-refractivity contribution is -0.131. The van der Waals surface area contributed by atoms with E-state index in [0.29, 0.717) is 42.8 Å². The minimum Gasteiger partial charge on any atom is -0.489 e. The molecule has 3 aliphatic rings. The molecule has 3 aromatic rings. The van der Waals surface area contributed by atoms with Crippen LogP contribution in [-0.4, -0.2) is 57.7 Å². The minimum absolute atomic E-state index is 0.0469. The summed E-state index contributed by atoms with van der Waals surface area (Å²) in [6, 6.07) is 9.44. The molecular weight excluding hydrogens is 482 g/mol. The van der Waals surface area contributed by atoms with Crippen LogP contribution < -0.4 is 20.7 Å². The fourth-order valence-corrected chi connectivity index (χ4v) is 6.09. The summed E-state index contributed by atoms with van der Waals surface area (Å²) in [6.07, 6.45) is 4.92. The van der Waals surface area contributed by atoms with Crippen LogP contribution in [0.1, 0.15) is 44.1 Å². The molecule has 2 aromatic heterocycles. The van der Waals surface area contributed by atoms with E-state index in [1.807, 2.05) is 30.3 Å². The molecule has 1 spiro atoms. The number of alkyl halides is 2. The summed E-state index contributed by atoms with van der Waals surface area (Å²) < 4.78 is 32.7. The quantitative estimate of drug-likeness (QED) is 0.468. The van der Waals surface area contributed by atoms with E-state index >= 15 is 0 Å². The van der Waals surface area contributed by atoms with Crippen molar-refractivity contribution in [2.75, 3.05) is 18.0 Å². The topological polar surface area (TPSA) is 126 Å². The third-order valence-electron chi connectivity index (χ3n) is 7.88. The third kappa shape index (κ3) is 4.20. The standard InChI is InChI=1S/C26H28F2N6O3/c27-26(28)13-24(29,14-26)15-31-21(35)12-34-20-4-2-1-3-19(20)25(23(34)36)7-5-17(6-8-25)37-18-9-16-10-32-33-22(16)30-11-18/h1-4,9-11,17H,5-8,12-15,29H2,(H,31,35)(H,30,32,33). The molecule has 2 fully saturated rings. The normalized spacial score (nSPS) is 21.6. The average Bonchev–Trinajstić information content (AvgIpc) is 3.40. The first-order valence-electron chi connectivity index (χ1n) is 12.5. The van der Waals surface area contributed by atoms with Gasteiger partial charge in [-0.05, 0) is 43.4 Å². The Labute approximate surface area is 211 Å². The molecule has 2 aliphatic carbocycles. The second kappa shape index (κ2) is 8.47. The zero-order valence-corrected chi connectivity index (χ0v) is 20.2. The van der Waals surface area contributed by atoms with Crippen LogP contribution in [0.25, 0.3) is 11.0 Å². The summed E-state index contributed by atoms with van der Waals surface area (Å²) in [6.45, 7) is -0.227. The van der Waals surface area contributed by atoms with Crippen molar-refractivity contribution in [1.82, 2.24) is 20.5 Å². The number of carbonyl (C=O) groups is 2. The van der Waals surface area contributed by atoms with Gasteiger partial charge >= 0.3 is 0 Å². The molecule has 6 rings (SSSR count). The Balaban J connectivity index is 1.12. The Morgan fingerprint density at radius 2 is 1.97 bits per heavy atom. The molecule has 1 aliphatic heterocycles. The maximum absolute atomic E-state index is 13.8. The molecule has 4 N–H and O–H groups in total. The lowest BCUT2D eigenvalue weighted by atomic mass is 9.69. The molecule has 0 radical (unpaired) electrons. The van der Waals surface area contributed by atoms with E-state index < -0.39 is 35.6 Å². The zero-order valence-electron chi connectivity index (χ0n) is 20.2. The van der Waals surface area contributed by atoms with E-state index in [1.165, 1.54) is 4.90 Å². The van der Waals surface area contributed by atoms with E-state index in [2.05, 4.69) is 20.5 Å². The first-order valence-corrected chi connectivity index (χ1v) is 12.5. The summed E-state index contributed by atoms with van der Waals surface area (Å²) in [5.41, 5.74) is 6.45. The number of carbonyl (C=O) groups excluding carboxylic acids is 2. The number of nitrogens with one attached hydrogen (secondary N) is 2. The van der Waals surface area contributed by atoms with Gasteiger partial charge in [0, 0.05) is 36.0 Å². The van der Waals surface area contributed by atoms with E-state index in [-0.39, 0.29) is 25.1 Å². The molecular formula is C26H28F2N6O3. The molecule has 2 amide bonds. The second-order valence-electron chi connectivity index (χ2n) is 10.6. The fourth-order valence-electron chi connectivity index (χ4n) is 6.09. The number of aromatic nitrogens is 3. The Morgan fingerprint density at radius 3 is 2.73 bits per heavy atom. The number of nitrogens with two attached hydrogens (primary N) is 1. The van der Waals surface area contributed by atoms with Gasteiger partial charge in [0.2, 0.25) is 11.8 Å². The van der Waals surface area contributed by atoms with Crippen molar-refractivity contribution in [3.05, 3.63) is 48.3 Å². The van der Waals surface area contributed by atoms with Gasteiger partial charge in [-0.2, -0.15) is 5.10 Å². The van der Waals surface area contributed by atoms with Crippen LogP contribution in [0, 0.1) is 0 Å². The number of ether oxygens (including phenoxy) is 1. The highest BCUT2D eigenvalue weighted by molar-refractivity contribution is 6.10. The van der Waals surface area contributed by atoms with Crippen LogP contribution in [0.2, 0.25) is 0 Å². The van der Waals surface area contributed by atoms with Crippen molar-refractivity contribution < 1.29 is 23.1 Å². The van der Waals surface area contributed by atoms with Gasteiger partial charge in [0.05, 0.1) is 23.9 Å². The number of nitrogens with zero attached hydrogens (tertiary/aromatic N) is 3. The Hall–Kier alpha value is -3.60. The highest BCUT2D eigenvalue weighted by Gasteiger charge is 2.55. The third-order valence-corrected chi connectivity index (χ3v) is 7.88. The van der Waals surface area contributed by atoms with Crippen molar-refractivity contribution in [3.8, 4) is 5.75 Å². The smallest absolute Gasteiger partial charge is 0.251 e. The number of pyridine rings is 1. The highest BCUT2D eigenvalue weighted by atomic mass is 19.3. The number of H-pyrrole nitrogens is 1. The van der Waals surface area contributed by atoms with Gasteiger partial charge in [0.1, 0.15) is 12.3 Å². The molecule has 37 heavy (non-hydrogen) atoms. The number of halogens is 2. The van der Waals surface area contributed by atoms with Gasteiger partial charge in [-0.25, -0.2) is 13.8 Å². The van der Waals surface area contributed by atoms with Crippen LogP contribution in [0.15, 0.2) is 42.7 Å². The van der Waals surface area contributed by atoms with Crippen molar-refractivity contribution in [2.45, 2.75) is 61.5 Å². The van der Waals surface area contributed by atoms with E-state index in [0.717, 1.165) is 10.9 Å². The maximum Gasteiger partial charge on any atom is 0.251 e. The first-order chi connectivity index (χ1) is 17.7. The number of fused-ring (bicyclic) bond motifs is 3. The molecule has 3 heterocycles. The first kappa shape index (κ1) is 23.8. The number of amides is 2. The summed E-state index contributed by atoms with van der Waals surface area (Å²) in [5.74, 6) is -2.64. The summed E-state index contributed by atoms with van der Waals surface area (Å²) in [4.78, 5) is 32.3. The molecule has 1 aromatic carbocycles. The van der Waals surface area contributed by atoms with Crippen LogP contribution in [0.4, 0.5) is 14.5 Å².